The van der Waals surface area contributed by atoms with E-state index in [-0.39, 0.29) is 30.9 Å². The van der Waals surface area contributed by atoms with Gasteiger partial charge < -0.3 is 21.4 Å². The SMILES string of the molecule is NC1=NC(=NCCOS(=O)(=O)O)C(=CCCNC(=O)c2cc(Br)c(Br)[nH]2)N1. The number of nitrogens with zero attached hydrogens (tertiary/aromatic N) is 2. The Labute approximate surface area is 171 Å². The molecule has 0 unspecified atom stereocenters. The molecule has 0 bridgehead atoms. The minimum atomic E-state index is -4.50. The zero-order valence-corrected chi connectivity index (χ0v) is 17.7. The molecule has 11 nitrogen and oxygen atoms in total. The van der Waals surface area contributed by atoms with Crippen LogP contribution < -0.4 is 16.4 Å². The highest BCUT2D eigenvalue weighted by atomic mass is 79.9. The summed E-state index contributed by atoms with van der Waals surface area (Å²) in [5.41, 5.74) is 6.54. The summed E-state index contributed by atoms with van der Waals surface area (Å²) in [6, 6.07) is 1.66. The minimum Gasteiger partial charge on any atom is -0.369 e. The fourth-order valence-corrected chi connectivity index (χ4v) is 2.92. The molecule has 0 aromatic carbocycles. The van der Waals surface area contributed by atoms with Crippen LogP contribution in [0.15, 0.2) is 36.9 Å². The molecule has 0 spiro atoms. The quantitative estimate of drug-likeness (QED) is 0.244. The second kappa shape index (κ2) is 9.45. The Hall–Kier alpha value is -1.74. The number of aromatic nitrogens is 1. The topological polar surface area (TPSA) is 171 Å². The number of carbonyl (C=O) groups excluding carboxylic acids is 1. The Kier molecular flexibility index (Phi) is 7.55. The van der Waals surface area contributed by atoms with E-state index in [4.69, 9.17) is 10.3 Å². The number of halogens is 2. The van der Waals surface area contributed by atoms with Gasteiger partial charge in [0, 0.05) is 6.54 Å². The number of amides is 1. The summed E-state index contributed by atoms with van der Waals surface area (Å²) >= 11 is 6.56. The minimum absolute atomic E-state index is 0.0434. The number of rotatable bonds is 8. The van der Waals surface area contributed by atoms with Gasteiger partial charge in [-0.2, -0.15) is 13.4 Å². The smallest absolute Gasteiger partial charge is 0.369 e. The first-order chi connectivity index (χ1) is 12.7. The van der Waals surface area contributed by atoms with Crippen LogP contribution in [0.3, 0.4) is 0 Å². The van der Waals surface area contributed by atoms with Crippen LogP contribution in [0.2, 0.25) is 0 Å². The summed E-state index contributed by atoms with van der Waals surface area (Å²) in [7, 11) is -4.50. The third-order valence-electron chi connectivity index (χ3n) is 3.06. The van der Waals surface area contributed by atoms with Crippen molar-refractivity contribution in [2.45, 2.75) is 6.42 Å². The molecule has 0 saturated carbocycles. The maximum atomic E-state index is 12.0. The van der Waals surface area contributed by atoms with E-state index in [9.17, 15) is 13.2 Å². The molecule has 1 amide bonds. The molecule has 0 saturated heterocycles. The average molecular weight is 528 g/mol. The number of H-pyrrole nitrogens is 1. The third-order valence-corrected chi connectivity index (χ3v) is 5.31. The van der Waals surface area contributed by atoms with Crippen LogP contribution in [-0.2, 0) is 14.6 Å². The summed E-state index contributed by atoms with van der Waals surface area (Å²) in [4.78, 5) is 22.9. The predicted octanol–water partition coefficient (Wildman–Crippen LogP) is 0.679. The van der Waals surface area contributed by atoms with Gasteiger partial charge in [0.25, 0.3) is 5.91 Å². The zero-order chi connectivity index (χ0) is 20.0. The van der Waals surface area contributed by atoms with Crippen molar-refractivity contribution in [2.75, 3.05) is 19.7 Å². The van der Waals surface area contributed by atoms with Crippen molar-refractivity contribution in [3.63, 3.8) is 0 Å². The highest BCUT2D eigenvalue weighted by Gasteiger charge is 2.16. The number of nitrogens with one attached hydrogen (secondary N) is 3. The first-order valence-corrected chi connectivity index (χ1v) is 10.4. The molecule has 2 heterocycles. The molecule has 14 heteroatoms. The number of guanidine groups is 1. The van der Waals surface area contributed by atoms with E-state index in [1.54, 1.807) is 12.1 Å². The molecule has 0 radical (unpaired) electrons. The van der Waals surface area contributed by atoms with Crippen LogP contribution in [-0.4, -0.2) is 55.4 Å². The Balaban J connectivity index is 1.84. The molecule has 148 valence electrons. The lowest BCUT2D eigenvalue weighted by atomic mass is 10.3. The van der Waals surface area contributed by atoms with Gasteiger partial charge in [0.05, 0.1) is 27.9 Å². The number of amidine groups is 1. The van der Waals surface area contributed by atoms with Gasteiger partial charge in [-0.05, 0) is 44.3 Å². The van der Waals surface area contributed by atoms with Gasteiger partial charge in [-0.1, -0.05) is 6.08 Å². The van der Waals surface area contributed by atoms with Crippen LogP contribution >= 0.6 is 31.9 Å². The lowest BCUT2D eigenvalue weighted by Crippen LogP contribution is -2.27. The Morgan fingerprint density at radius 2 is 2.22 bits per heavy atom. The van der Waals surface area contributed by atoms with Crippen molar-refractivity contribution >= 4 is 60.0 Å². The predicted molar refractivity (Wildman–Crippen MR) is 106 cm³/mol. The number of hydrogen-bond donors (Lipinski definition) is 5. The third kappa shape index (κ3) is 7.06. The van der Waals surface area contributed by atoms with E-state index in [0.717, 1.165) is 4.47 Å². The molecular formula is C13H16Br2N6O5S. The monoisotopic (exact) mass is 526 g/mol. The molecule has 1 aliphatic heterocycles. The second-order valence-corrected chi connectivity index (χ2v) is 7.82. The van der Waals surface area contributed by atoms with E-state index in [2.05, 4.69) is 61.6 Å². The number of aliphatic imine (C=N–C) groups is 2. The van der Waals surface area contributed by atoms with Gasteiger partial charge in [-0.25, -0.2) is 4.18 Å². The Morgan fingerprint density at radius 3 is 2.85 bits per heavy atom. The maximum Gasteiger partial charge on any atom is 0.397 e. The average Bonchev–Trinajstić information content (AvgIpc) is 3.09. The van der Waals surface area contributed by atoms with Crippen molar-refractivity contribution in [3.05, 3.63) is 32.6 Å². The summed E-state index contributed by atoms with van der Waals surface area (Å²) < 4.78 is 35.0. The van der Waals surface area contributed by atoms with Gasteiger partial charge in [-0.15, -0.1) is 0 Å². The number of hydrogen-bond acceptors (Lipinski definition) is 7. The molecule has 0 fully saturated rings. The number of aromatic amines is 1. The summed E-state index contributed by atoms with van der Waals surface area (Å²) in [6.07, 6.45) is 2.22. The summed E-state index contributed by atoms with van der Waals surface area (Å²) in [5, 5.41) is 5.56. The Bertz CT molecular complexity index is 889. The molecular weight excluding hydrogens is 512 g/mol. The standard InChI is InChI=1S/C13H16Br2N6O5S/c14-7-6-9(19-10(7)15)12(22)18-3-1-2-8-11(21-13(16)20-8)17-4-5-26-27(23,24)25/h2,6,19H,1,3-5H2,(H,18,22)(H,23,24,25)(H3,16,17,20,21). The van der Waals surface area contributed by atoms with Crippen LogP contribution in [0.4, 0.5) is 0 Å². The van der Waals surface area contributed by atoms with Gasteiger partial charge in [0.2, 0.25) is 0 Å². The fourth-order valence-electron chi connectivity index (χ4n) is 1.98. The Morgan fingerprint density at radius 1 is 1.48 bits per heavy atom. The lowest BCUT2D eigenvalue weighted by Gasteiger charge is -2.03. The largest absolute Gasteiger partial charge is 0.397 e. The first kappa shape index (κ1) is 21.6. The molecule has 0 aliphatic carbocycles. The van der Waals surface area contributed by atoms with Gasteiger partial charge >= 0.3 is 10.4 Å². The summed E-state index contributed by atoms with van der Waals surface area (Å²) in [5.74, 6) is 0.155. The van der Waals surface area contributed by atoms with Crippen LogP contribution in [0.5, 0.6) is 0 Å². The number of carbonyl (C=O) groups is 1. The van der Waals surface area contributed by atoms with Crippen LogP contribution in [0, 0.1) is 0 Å². The summed E-state index contributed by atoms with van der Waals surface area (Å²) in [6.45, 7) is -0.0159. The van der Waals surface area contributed by atoms with E-state index in [0.29, 0.717) is 29.0 Å². The van der Waals surface area contributed by atoms with E-state index >= 15 is 0 Å². The van der Waals surface area contributed by atoms with Crippen molar-refractivity contribution in [2.24, 2.45) is 15.7 Å². The molecule has 27 heavy (non-hydrogen) atoms. The van der Waals surface area contributed by atoms with Crippen molar-refractivity contribution in [3.8, 4) is 0 Å². The van der Waals surface area contributed by atoms with Crippen LogP contribution in [0.25, 0.3) is 0 Å². The molecule has 1 aliphatic rings. The van der Waals surface area contributed by atoms with E-state index in [1.165, 1.54) is 0 Å². The van der Waals surface area contributed by atoms with E-state index < -0.39 is 10.4 Å². The molecule has 1 aromatic rings. The second-order valence-electron chi connectivity index (χ2n) is 5.08. The van der Waals surface area contributed by atoms with E-state index in [1.807, 2.05) is 0 Å². The highest BCUT2D eigenvalue weighted by Crippen LogP contribution is 2.22. The van der Waals surface area contributed by atoms with Crippen molar-refractivity contribution in [1.82, 2.24) is 15.6 Å². The zero-order valence-electron chi connectivity index (χ0n) is 13.7. The lowest BCUT2D eigenvalue weighted by molar-refractivity contribution is 0.0950. The maximum absolute atomic E-state index is 12.0. The van der Waals surface area contributed by atoms with Crippen LogP contribution in [0.1, 0.15) is 16.9 Å². The van der Waals surface area contributed by atoms with Gasteiger partial charge in [0.15, 0.2) is 11.8 Å². The molecule has 1 aromatic heterocycles. The van der Waals surface area contributed by atoms with Gasteiger partial charge in [0.1, 0.15) is 5.69 Å². The first-order valence-electron chi connectivity index (χ1n) is 7.46. The molecule has 6 N–H and O–H groups in total. The fraction of sp³-hybridized carbons (Fsp3) is 0.308. The highest BCUT2D eigenvalue weighted by molar-refractivity contribution is 9.13. The van der Waals surface area contributed by atoms with Crippen molar-refractivity contribution in [1.29, 1.82) is 0 Å². The molecule has 2 rings (SSSR count). The molecule has 0 atom stereocenters. The van der Waals surface area contributed by atoms with Crippen molar-refractivity contribution < 1.29 is 21.9 Å². The van der Waals surface area contributed by atoms with Gasteiger partial charge in [-0.3, -0.25) is 14.3 Å². The number of nitrogens with two attached hydrogens (primary N) is 1. The normalized spacial score (nSPS) is 17.2.